The molecule has 0 fully saturated rings. The number of hydrogen-bond donors (Lipinski definition) is 3. The molecule has 0 unspecified atom stereocenters. The minimum Gasteiger partial charge on any atom is -0.393 e. The van der Waals surface area contributed by atoms with Crippen LogP contribution in [0.1, 0.15) is 5.56 Å². The van der Waals surface area contributed by atoms with E-state index in [2.05, 4.69) is 20.6 Å². The third kappa shape index (κ3) is 3.24. The number of nitrogen functional groups attached to an aromatic ring is 1. The highest BCUT2D eigenvalue weighted by molar-refractivity contribution is 5.80. The summed E-state index contributed by atoms with van der Waals surface area (Å²) in [4.78, 5) is 8.17. The average Bonchev–Trinajstić information content (AvgIpc) is 2.57. The minimum absolute atomic E-state index is 0.269. The van der Waals surface area contributed by atoms with Crippen LogP contribution < -0.4 is 16.4 Å². The van der Waals surface area contributed by atoms with Crippen molar-refractivity contribution in [3.63, 3.8) is 0 Å². The van der Waals surface area contributed by atoms with Crippen molar-refractivity contribution >= 4 is 28.7 Å². The van der Waals surface area contributed by atoms with Crippen LogP contribution >= 0.6 is 0 Å². The molecule has 122 valence electrons. The van der Waals surface area contributed by atoms with Crippen molar-refractivity contribution < 1.29 is 8.78 Å². The predicted molar refractivity (Wildman–Crippen MR) is 90.5 cm³/mol. The zero-order valence-electron chi connectivity index (χ0n) is 12.8. The van der Waals surface area contributed by atoms with Gasteiger partial charge in [0.05, 0.1) is 0 Å². The molecule has 0 radical (unpaired) electrons. The number of para-hydroxylation sites is 1. The van der Waals surface area contributed by atoms with Gasteiger partial charge in [0.2, 0.25) is 0 Å². The summed E-state index contributed by atoms with van der Waals surface area (Å²) in [5.74, 6) is -1.15. The number of aromatic nitrogens is 2. The highest BCUT2D eigenvalue weighted by Gasteiger charge is 2.10. The topological polar surface area (TPSA) is 75.9 Å². The molecule has 0 atom stereocenters. The average molecular weight is 327 g/mol. The third-order valence-corrected chi connectivity index (χ3v) is 3.46. The molecule has 24 heavy (non-hydrogen) atoms. The first-order valence-electron chi connectivity index (χ1n) is 7.20. The maximum Gasteiger partial charge on any atom is 0.160 e. The lowest BCUT2D eigenvalue weighted by atomic mass is 10.2. The van der Waals surface area contributed by atoms with Crippen LogP contribution in [0, 0.1) is 18.6 Å². The fourth-order valence-corrected chi connectivity index (χ4v) is 2.15. The van der Waals surface area contributed by atoms with Crippen LogP contribution in [0.3, 0.4) is 0 Å². The molecule has 5 nitrogen and oxygen atoms in total. The van der Waals surface area contributed by atoms with E-state index in [0.717, 1.165) is 23.4 Å². The zero-order valence-corrected chi connectivity index (χ0v) is 12.8. The lowest BCUT2D eigenvalue weighted by Crippen LogP contribution is -2.06. The summed E-state index contributed by atoms with van der Waals surface area (Å²) in [6.07, 6.45) is 1.33. The largest absolute Gasteiger partial charge is 0.393 e. The Bertz CT molecular complexity index is 883. The fraction of sp³-hybridized carbons (Fsp3) is 0.0588. The van der Waals surface area contributed by atoms with Crippen molar-refractivity contribution in [1.82, 2.24) is 9.97 Å². The van der Waals surface area contributed by atoms with E-state index < -0.39 is 11.6 Å². The van der Waals surface area contributed by atoms with E-state index in [4.69, 9.17) is 5.73 Å². The normalized spacial score (nSPS) is 10.5. The maximum atomic E-state index is 13.3. The number of nitrogens with two attached hydrogens (primary N) is 1. The molecular weight excluding hydrogens is 312 g/mol. The van der Waals surface area contributed by atoms with Crippen LogP contribution in [0.4, 0.5) is 37.5 Å². The summed E-state index contributed by atoms with van der Waals surface area (Å²) >= 11 is 0. The van der Waals surface area contributed by atoms with Gasteiger partial charge in [-0.2, -0.15) is 0 Å². The van der Waals surface area contributed by atoms with Crippen molar-refractivity contribution in [2.75, 3.05) is 16.4 Å². The number of nitrogens with zero attached hydrogens (tertiary/aromatic N) is 2. The van der Waals surface area contributed by atoms with Crippen molar-refractivity contribution in [1.29, 1.82) is 0 Å². The van der Waals surface area contributed by atoms with E-state index in [1.807, 2.05) is 31.2 Å². The second kappa shape index (κ2) is 6.49. The number of rotatable bonds is 4. The van der Waals surface area contributed by atoms with Gasteiger partial charge in [-0.15, -0.1) is 0 Å². The summed E-state index contributed by atoms with van der Waals surface area (Å²) < 4.78 is 26.3. The fourth-order valence-electron chi connectivity index (χ4n) is 2.15. The van der Waals surface area contributed by atoms with Gasteiger partial charge < -0.3 is 16.4 Å². The summed E-state index contributed by atoms with van der Waals surface area (Å²) in [5, 5.41) is 6.00. The van der Waals surface area contributed by atoms with Gasteiger partial charge in [0.15, 0.2) is 23.3 Å². The quantitative estimate of drug-likeness (QED) is 0.671. The van der Waals surface area contributed by atoms with Gasteiger partial charge in [0, 0.05) is 17.4 Å². The molecule has 3 aromatic rings. The Hall–Kier alpha value is -3.22. The van der Waals surface area contributed by atoms with Crippen LogP contribution in [0.15, 0.2) is 48.8 Å². The molecule has 7 heteroatoms. The molecule has 2 aromatic carbocycles. The smallest absolute Gasteiger partial charge is 0.160 e. The number of benzene rings is 2. The number of nitrogens with one attached hydrogen (secondary N) is 2. The maximum absolute atomic E-state index is 13.3. The van der Waals surface area contributed by atoms with Gasteiger partial charge >= 0.3 is 0 Å². The molecule has 1 heterocycles. The summed E-state index contributed by atoms with van der Waals surface area (Å²) in [6.45, 7) is 1.96. The first-order valence-corrected chi connectivity index (χ1v) is 7.20. The molecule has 0 aliphatic rings. The highest BCUT2D eigenvalue weighted by Crippen LogP contribution is 2.29. The van der Waals surface area contributed by atoms with E-state index in [1.165, 1.54) is 12.4 Å². The second-order valence-electron chi connectivity index (χ2n) is 5.18. The lowest BCUT2D eigenvalue weighted by Gasteiger charge is -2.13. The minimum atomic E-state index is -0.953. The van der Waals surface area contributed by atoms with E-state index in [-0.39, 0.29) is 5.69 Å². The molecule has 0 aliphatic carbocycles. The molecule has 4 N–H and O–H groups in total. The molecule has 0 amide bonds. The molecule has 0 saturated carbocycles. The van der Waals surface area contributed by atoms with Gasteiger partial charge in [-0.1, -0.05) is 18.2 Å². The number of halogens is 2. The van der Waals surface area contributed by atoms with Gasteiger partial charge in [-0.25, -0.2) is 18.7 Å². The van der Waals surface area contributed by atoms with E-state index >= 15 is 0 Å². The number of anilines is 5. The van der Waals surface area contributed by atoms with Crippen LogP contribution in [0.2, 0.25) is 0 Å². The Balaban J connectivity index is 1.88. The Morgan fingerprint density at radius 3 is 2.33 bits per heavy atom. The van der Waals surface area contributed by atoms with E-state index in [1.54, 1.807) is 0 Å². The van der Waals surface area contributed by atoms with Crippen molar-refractivity contribution in [2.45, 2.75) is 6.92 Å². The molecule has 1 aromatic heterocycles. The summed E-state index contributed by atoms with van der Waals surface area (Å²) in [7, 11) is 0. The standard InChI is InChI=1S/C17H15F2N5/c1-10-4-2-3-5-14(10)24-17-15(20)16(21-9-22-17)23-11-6-7-12(18)13(19)8-11/h2-9H,20H2,1H3,(H2,21,22,23,24). The molecular formula is C17H15F2N5. The molecule has 0 saturated heterocycles. The van der Waals surface area contributed by atoms with Crippen LogP contribution in [-0.2, 0) is 0 Å². The Kier molecular flexibility index (Phi) is 4.24. The van der Waals surface area contributed by atoms with Gasteiger partial charge in [0.1, 0.15) is 12.0 Å². The SMILES string of the molecule is Cc1ccccc1Nc1ncnc(Nc2ccc(F)c(F)c2)c1N. The van der Waals surface area contributed by atoms with Crippen molar-refractivity contribution in [3.8, 4) is 0 Å². The van der Waals surface area contributed by atoms with Gasteiger partial charge in [0.25, 0.3) is 0 Å². The molecule has 0 bridgehead atoms. The lowest BCUT2D eigenvalue weighted by molar-refractivity contribution is 0.509. The van der Waals surface area contributed by atoms with Crippen molar-refractivity contribution in [3.05, 3.63) is 66.0 Å². The molecule has 0 aliphatic heterocycles. The molecule has 3 rings (SSSR count). The van der Waals surface area contributed by atoms with Crippen LogP contribution in [0.5, 0.6) is 0 Å². The second-order valence-corrected chi connectivity index (χ2v) is 5.18. The first kappa shape index (κ1) is 15.7. The van der Waals surface area contributed by atoms with Crippen LogP contribution in [-0.4, -0.2) is 9.97 Å². The predicted octanol–water partition coefficient (Wildman–Crippen LogP) is 4.13. The summed E-state index contributed by atoms with van der Waals surface area (Å²) in [6, 6.07) is 11.1. The first-order chi connectivity index (χ1) is 11.5. The van der Waals surface area contributed by atoms with E-state index in [0.29, 0.717) is 17.3 Å². The van der Waals surface area contributed by atoms with Gasteiger partial charge in [-0.05, 0) is 30.7 Å². The van der Waals surface area contributed by atoms with Crippen molar-refractivity contribution in [2.24, 2.45) is 0 Å². The monoisotopic (exact) mass is 327 g/mol. The zero-order chi connectivity index (χ0) is 17.1. The molecule has 0 spiro atoms. The Labute approximate surface area is 137 Å². The Morgan fingerprint density at radius 1 is 0.917 bits per heavy atom. The van der Waals surface area contributed by atoms with Gasteiger partial charge in [-0.3, -0.25) is 0 Å². The number of aryl methyl sites for hydroxylation is 1. The Morgan fingerprint density at radius 2 is 1.62 bits per heavy atom. The summed E-state index contributed by atoms with van der Waals surface area (Å²) in [5.41, 5.74) is 8.58. The number of hydrogen-bond acceptors (Lipinski definition) is 5. The van der Waals surface area contributed by atoms with E-state index in [9.17, 15) is 8.78 Å². The van der Waals surface area contributed by atoms with Crippen LogP contribution in [0.25, 0.3) is 0 Å². The third-order valence-electron chi connectivity index (χ3n) is 3.46. The highest BCUT2D eigenvalue weighted by atomic mass is 19.2.